The molecule has 1 aromatic heterocycles. The second-order valence-electron chi connectivity index (χ2n) is 31.8. The molecule has 5 heteroatoms. The SMILES string of the molecule is CC(C)(C)c1ccc(N(c2ccc(C(C)(C)C)cc2)c2cc3c4c(c2)N2c5c(cc(C(C)(C)C)cc5C5(C)CCCCC25C)B4c2ccc4c(oc5cc(C(C)(C)C)ccc54)c2N3c2c(-c3ccccc3)cc(C(C)(C)C)cc2-c2ccccc2)cc1. The van der Waals surface area contributed by atoms with Crippen LogP contribution in [0, 0.1) is 0 Å². The van der Waals surface area contributed by atoms with Crippen molar-refractivity contribution in [2.75, 3.05) is 14.7 Å². The van der Waals surface area contributed by atoms with Crippen LogP contribution in [-0.4, -0.2) is 12.3 Å². The largest absolute Gasteiger partial charge is 0.454 e. The van der Waals surface area contributed by atoms with Crippen molar-refractivity contribution < 1.29 is 4.42 Å². The lowest BCUT2D eigenvalue weighted by Gasteiger charge is -2.53. The maximum Gasteiger partial charge on any atom is 0.252 e. The van der Waals surface area contributed by atoms with Crippen LogP contribution in [0.4, 0.5) is 45.5 Å². The molecule has 9 aromatic carbocycles. The predicted molar refractivity (Wildman–Crippen MR) is 375 cm³/mol. The molecule has 2 atom stereocenters. The minimum atomic E-state index is -0.221. The fraction of sp³-hybridized carbons (Fsp3) is 0.341. The van der Waals surface area contributed by atoms with E-state index in [1.807, 2.05) is 0 Å². The average molecular weight is 1140 g/mol. The highest BCUT2D eigenvalue weighted by molar-refractivity contribution is 7.00. The Hall–Kier alpha value is -7.76. The summed E-state index contributed by atoms with van der Waals surface area (Å²) in [5.74, 6) is 0. The summed E-state index contributed by atoms with van der Waals surface area (Å²) in [6, 6.07) is 68.7. The van der Waals surface area contributed by atoms with E-state index in [-0.39, 0.29) is 44.7 Å². The second-order valence-corrected chi connectivity index (χ2v) is 31.8. The van der Waals surface area contributed by atoms with Gasteiger partial charge >= 0.3 is 0 Å². The van der Waals surface area contributed by atoms with E-state index in [9.17, 15) is 0 Å². The Balaban J connectivity index is 1.20. The molecule has 10 aromatic rings. The highest BCUT2D eigenvalue weighted by atomic mass is 16.3. The van der Waals surface area contributed by atoms with Crippen molar-refractivity contribution in [3.63, 3.8) is 0 Å². The van der Waals surface area contributed by atoms with Crippen molar-refractivity contribution in [1.29, 1.82) is 0 Å². The van der Waals surface area contributed by atoms with Gasteiger partial charge in [0.05, 0.1) is 22.6 Å². The molecule has 1 saturated carbocycles. The number of hydrogen-bond acceptors (Lipinski definition) is 4. The van der Waals surface area contributed by atoms with E-state index in [0.29, 0.717) is 0 Å². The van der Waals surface area contributed by atoms with Gasteiger partial charge in [-0.25, -0.2) is 0 Å². The second kappa shape index (κ2) is 19.4. The van der Waals surface area contributed by atoms with E-state index >= 15 is 0 Å². The fourth-order valence-electron chi connectivity index (χ4n) is 15.5. The summed E-state index contributed by atoms with van der Waals surface area (Å²) in [5.41, 5.74) is 27.4. The van der Waals surface area contributed by atoms with Crippen LogP contribution in [0.3, 0.4) is 0 Å². The molecular weight excluding hydrogens is 1050 g/mol. The number of anilines is 8. The van der Waals surface area contributed by atoms with Crippen LogP contribution in [-0.2, 0) is 32.5 Å². The molecule has 87 heavy (non-hydrogen) atoms. The first-order valence-corrected chi connectivity index (χ1v) is 32.3. The van der Waals surface area contributed by atoms with Gasteiger partial charge in [-0.2, -0.15) is 0 Å². The number of hydrogen-bond donors (Lipinski definition) is 0. The minimum Gasteiger partial charge on any atom is -0.454 e. The molecule has 0 radical (unpaired) electrons. The zero-order chi connectivity index (χ0) is 61.3. The van der Waals surface area contributed by atoms with E-state index in [1.54, 1.807) is 0 Å². The molecule has 0 saturated heterocycles. The summed E-state index contributed by atoms with van der Waals surface area (Å²) in [6.45, 7) is 40.3. The zero-order valence-electron chi connectivity index (χ0n) is 54.9. The van der Waals surface area contributed by atoms with E-state index in [0.717, 1.165) is 63.2 Å². The van der Waals surface area contributed by atoms with Crippen LogP contribution in [0.1, 0.15) is 177 Å². The molecule has 440 valence electrons. The van der Waals surface area contributed by atoms with Gasteiger partial charge in [0.2, 0.25) is 0 Å². The highest BCUT2D eigenvalue weighted by Gasteiger charge is 2.62. The lowest BCUT2D eigenvalue weighted by molar-refractivity contribution is 0.195. The third-order valence-corrected chi connectivity index (χ3v) is 21.0. The molecule has 4 aliphatic rings. The van der Waals surface area contributed by atoms with Crippen molar-refractivity contribution >= 4 is 90.5 Å². The zero-order valence-corrected chi connectivity index (χ0v) is 54.9. The molecule has 0 N–H and O–H groups in total. The molecule has 0 bridgehead atoms. The van der Waals surface area contributed by atoms with Crippen LogP contribution in [0.2, 0.25) is 0 Å². The molecule has 4 heterocycles. The number of rotatable bonds is 6. The molecule has 1 aliphatic carbocycles. The van der Waals surface area contributed by atoms with Gasteiger partial charge < -0.3 is 19.1 Å². The maximum atomic E-state index is 7.73. The summed E-state index contributed by atoms with van der Waals surface area (Å²) in [5, 5.41) is 2.26. The summed E-state index contributed by atoms with van der Waals surface area (Å²) in [7, 11) is 0. The van der Waals surface area contributed by atoms with Gasteiger partial charge in [-0.3, -0.25) is 0 Å². The van der Waals surface area contributed by atoms with Crippen LogP contribution >= 0.6 is 0 Å². The lowest BCUT2D eigenvalue weighted by Crippen LogP contribution is -2.64. The van der Waals surface area contributed by atoms with Crippen molar-refractivity contribution in [2.45, 2.75) is 181 Å². The Bertz CT molecular complexity index is 4260. The van der Waals surface area contributed by atoms with Gasteiger partial charge in [0.25, 0.3) is 6.71 Å². The Morgan fingerprint density at radius 3 is 1.46 bits per heavy atom. The topological polar surface area (TPSA) is 22.9 Å². The van der Waals surface area contributed by atoms with Crippen LogP contribution in [0.25, 0.3) is 44.2 Å². The van der Waals surface area contributed by atoms with Gasteiger partial charge in [-0.1, -0.05) is 245 Å². The van der Waals surface area contributed by atoms with Crippen LogP contribution in [0.15, 0.2) is 180 Å². The first-order valence-electron chi connectivity index (χ1n) is 32.3. The molecule has 1 fully saturated rings. The van der Waals surface area contributed by atoms with Crippen molar-refractivity contribution in [2.24, 2.45) is 0 Å². The molecule has 3 aliphatic heterocycles. The average Bonchev–Trinajstić information content (AvgIpc) is 1.57. The van der Waals surface area contributed by atoms with E-state index in [1.165, 1.54) is 102 Å². The smallest absolute Gasteiger partial charge is 0.252 e. The molecule has 2 unspecified atom stereocenters. The van der Waals surface area contributed by atoms with Crippen LogP contribution < -0.4 is 31.1 Å². The molecular formula is C82H88BN3O. The van der Waals surface area contributed by atoms with Gasteiger partial charge in [0.15, 0.2) is 5.58 Å². The molecule has 14 rings (SSSR count). The predicted octanol–water partition coefficient (Wildman–Crippen LogP) is 21.2. The van der Waals surface area contributed by atoms with Gasteiger partial charge in [0, 0.05) is 55.8 Å². The standard InChI is InChI=1S/C82H88BN3O/c1-76(2,3)53-30-35-58(36-31-53)84(59-37-32-54(33-38-59)77(4,5)6)60-49-68-71-69(50-60)86-73-65(81(16)42-24-25-43-82(81,86)17)46-57(80(13,14)15)47-67(73)83(71)66-41-40-62-61-39-34-55(78(7,8)9)48-70(61)87-75(62)74(66)85(68)72-63(51-26-20-18-21-27-51)44-56(79(10,11)12)45-64(72)52-28-22-19-23-29-52/h18-23,26-41,44-50H,24-25,42-43H2,1-17H3. The van der Waals surface area contributed by atoms with Crippen molar-refractivity contribution in [1.82, 2.24) is 0 Å². The highest BCUT2D eigenvalue weighted by Crippen LogP contribution is 2.64. The van der Waals surface area contributed by atoms with Crippen molar-refractivity contribution in [3.05, 3.63) is 209 Å². The summed E-state index contributed by atoms with van der Waals surface area (Å²) in [6.07, 6.45) is 4.64. The Kier molecular flexibility index (Phi) is 12.7. The van der Waals surface area contributed by atoms with E-state index in [2.05, 4.69) is 308 Å². The van der Waals surface area contributed by atoms with E-state index in [4.69, 9.17) is 4.42 Å². The minimum absolute atomic E-state index is 0.0157. The quantitative estimate of drug-likeness (QED) is 0.155. The number of benzene rings is 9. The first-order chi connectivity index (χ1) is 41.0. The van der Waals surface area contributed by atoms with Crippen LogP contribution in [0.5, 0.6) is 0 Å². The van der Waals surface area contributed by atoms with Gasteiger partial charge in [0.1, 0.15) is 5.58 Å². The summed E-state index contributed by atoms with van der Waals surface area (Å²) >= 11 is 0. The fourth-order valence-corrected chi connectivity index (χ4v) is 15.5. The molecule has 0 spiro atoms. The lowest BCUT2D eigenvalue weighted by atomic mass is 9.33. The van der Waals surface area contributed by atoms with E-state index < -0.39 is 0 Å². The summed E-state index contributed by atoms with van der Waals surface area (Å²) < 4.78 is 7.73. The molecule has 0 amide bonds. The van der Waals surface area contributed by atoms with Crippen molar-refractivity contribution in [3.8, 4) is 22.3 Å². The van der Waals surface area contributed by atoms with Gasteiger partial charge in [-0.05, 0) is 162 Å². The third-order valence-electron chi connectivity index (χ3n) is 21.0. The van der Waals surface area contributed by atoms with Gasteiger partial charge in [-0.15, -0.1) is 0 Å². The number of furan rings is 1. The Morgan fingerprint density at radius 2 is 0.920 bits per heavy atom. The molecule has 4 nitrogen and oxygen atoms in total. The normalized spacial score (nSPS) is 18.2. The number of nitrogens with zero attached hydrogens (tertiary/aromatic N) is 3. The monoisotopic (exact) mass is 1140 g/mol. The first kappa shape index (κ1) is 57.0. The Morgan fingerprint density at radius 1 is 0.425 bits per heavy atom. The summed E-state index contributed by atoms with van der Waals surface area (Å²) in [4.78, 5) is 8.20. The third kappa shape index (κ3) is 8.89. The maximum absolute atomic E-state index is 7.73. The number of fused-ring (bicyclic) bond motifs is 11. The Labute approximate surface area is 519 Å².